The quantitative estimate of drug-likeness (QED) is 0.662. The average Bonchev–Trinajstić information content (AvgIpc) is 2.75. The summed E-state index contributed by atoms with van der Waals surface area (Å²) in [6.45, 7) is 0.800. The molecule has 2 aliphatic rings. The third-order valence-electron chi connectivity index (χ3n) is 2.75. The van der Waals surface area contributed by atoms with Crippen molar-refractivity contribution in [3.63, 3.8) is 0 Å². The van der Waals surface area contributed by atoms with Crippen LogP contribution in [0.4, 0.5) is 5.69 Å². The maximum Gasteiger partial charge on any atom is 0.290 e. The normalized spacial score (nSPS) is 29.1. The number of hydrogen-bond donors (Lipinski definition) is 0. The molecule has 1 fully saturated rings. The van der Waals surface area contributed by atoms with Crippen LogP contribution in [-0.4, -0.2) is 19.8 Å². The summed E-state index contributed by atoms with van der Waals surface area (Å²) in [5.74, 6) is 0. The van der Waals surface area contributed by atoms with Crippen LogP contribution in [-0.2, 0) is 15.5 Å². The van der Waals surface area contributed by atoms with Crippen molar-refractivity contribution >= 4 is 14.2 Å². The Morgan fingerprint density at radius 2 is 2.36 bits per heavy atom. The van der Waals surface area contributed by atoms with E-state index in [1.54, 1.807) is 7.11 Å². The van der Waals surface area contributed by atoms with E-state index >= 15 is 0 Å². The molecular formula is C10H12NO2P. The van der Waals surface area contributed by atoms with E-state index in [1.165, 1.54) is 11.3 Å². The Morgan fingerprint density at radius 1 is 1.50 bits per heavy atom. The third-order valence-corrected chi connectivity index (χ3v) is 4.33. The minimum Gasteiger partial charge on any atom is -0.321 e. The molecule has 2 atom stereocenters. The molecule has 2 heterocycles. The van der Waals surface area contributed by atoms with E-state index in [0.717, 1.165) is 13.0 Å². The van der Waals surface area contributed by atoms with Gasteiger partial charge in [-0.2, -0.15) is 0 Å². The van der Waals surface area contributed by atoms with Crippen molar-refractivity contribution in [2.24, 2.45) is 0 Å². The highest BCUT2D eigenvalue weighted by Crippen LogP contribution is 2.55. The van der Waals surface area contributed by atoms with Crippen LogP contribution in [0, 0.1) is 0 Å². The van der Waals surface area contributed by atoms with Crippen LogP contribution in [0.2, 0.25) is 0 Å². The molecule has 74 valence electrons. The Balaban J connectivity index is 2.02. The summed E-state index contributed by atoms with van der Waals surface area (Å²) in [5.41, 5.74) is 2.72. The molecule has 1 saturated heterocycles. The zero-order valence-electron chi connectivity index (χ0n) is 8.01. The van der Waals surface area contributed by atoms with Gasteiger partial charge in [-0.3, -0.25) is 0 Å². The fourth-order valence-corrected chi connectivity index (χ4v) is 3.64. The summed E-state index contributed by atoms with van der Waals surface area (Å²) >= 11 is 0. The summed E-state index contributed by atoms with van der Waals surface area (Å²) in [5, 5.41) is 0. The molecule has 1 aromatic rings. The second kappa shape index (κ2) is 3.20. The van der Waals surface area contributed by atoms with Crippen LogP contribution in [0.5, 0.6) is 0 Å². The second-order valence-corrected chi connectivity index (χ2v) is 5.08. The van der Waals surface area contributed by atoms with E-state index in [4.69, 9.17) is 9.05 Å². The van der Waals surface area contributed by atoms with Gasteiger partial charge in [0.1, 0.15) is 0 Å². The predicted molar refractivity (Wildman–Crippen MR) is 56.3 cm³/mol. The van der Waals surface area contributed by atoms with Crippen LogP contribution in [0.3, 0.4) is 0 Å². The molecule has 14 heavy (non-hydrogen) atoms. The summed E-state index contributed by atoms with van der Waals surface area (Å²) in [6.07, 6.45) is 1.10. The number of benzene rings is 1. The number of para-hydroxylation sites is 1. The molecule has 2 aliphatic heterocycles. The number of hydrogen-bond acceptors (Lipinski definition) is 3. The predicted octanol–water partition coefficient (Wildman–Crippen LogP) is 2.32. The molecule has 0 spiro atoms. The smallest absolute Gasteiger partial charge is 0.290 e. The van der Waals surface area contributed by atoms with Crippen LogP contribution >= 0.6 is 8.53 Å². The Bertz CT molecular complexity index is 356. The maximum absolute atomic E-state index is 5.59. The van der Waals surface area contributed by atoms with E-state index in [-0.39, 0.29) is 0 Å². The summed E-state index contributed by atoms with van der Waals surface area (Å²) in [4.78, 5) is 0. The van der Waals surface area contributed by atoms with E-state index in [1.807, 2.05) is 0 Å². The molecular weight excluding hydrogens is 197 g/mol. The van der Waals surface area contributed by atoms with Gasteiger partial charge in [-0.25, -0.2) is 0 Å². The van der Waals surface area contributed by atoms with Gasteiger partial charge in [0.05, 0.1) is 12.6 Å². The molecule has 0 bridgehead atoms. The van der Waals surface area contributed by atoms with Crippen molar-refractivity contribution in [2.75, 3.05) is 18.4 Å². The van der Waals surface area contributed by atoms with Gasteiger partial charge in [-0.05, 0) is 18.1 Å². The van der Waals surface area contributed by atoms with Gasteiger partial charge >= 0.3 is 0 Å². The van der Waals surface area contributed by atoms with Crippen LogP contribution in [0.1, 0.15) is 5.56 Å². The Hall–Kier alpha value is -0.630. The number of nitrogens with zero attached hydrogens (tertiary/aromatic N) is 1. The topological polar surface area (TPSA) is 21.7 Å². The number of fused-ring (bicyclic) bond motifs is 3. The van der Waals surface area contributed by atoms with Crippen molar-refractivity contribution in [3.8, 4) is 0 Å². The Morgan fingerprint density at radius 3 is 3.21 bits per heavy atom. The van der Waals surface area contributed by atoms with Gasteiger partial charge in [0, 0.05) is 12.8 Å². The lowest BCUT2D eigenvalue weighted by molar-refractivity contribution is 0.307. The lowest BCUT2D eigenvalue weighted by atomic mass is 10.1. The van der Waals surface area contributed by atoms with Crippen LogP contribution in [0.25, 0.3) is 0 Å². The molecule has 0 aliphatic carbocycles. The van der Waals surface area contributed by atoms with Crippen molar-refractivity contribution in [1.82, 2.24) is 0 Å². The number of anilines is 1. The van der Waals surface area contributed by atoms with E-state index in [2.05, 4.69) is 28.9 Å². The maximum atomic E-state index is 5.59. The van der Waals surface area contributed by atoms with Crippen molar-refractivity contribution in [2.45, 2.75) is 12.5 Å². The first-order valence-corrected chi connectivity index (χ1v) is 5.87. The minimum atomic E-state index is -0.837. The van der Waals surface area contributed by atoms with Crippen molar-refractivity contribution in [3.05, 3.63) is 29.8 Å². The zero-order valence-corrected chi connectivity index (χ0v) is 8.91. The molecule has 0 aromatic heterocycles. The van der Waals surface area contributed by atoms with Gasteiger partial charge in [0.2, 0.25) is 0 Å². The summed E-state index contributed by atoms with van der Waals surface area (Å²) in [7, 11) is 0.881. The lowest BCUT2D eigenvalue weighted by Crippen LogP contribution is -2.22. The van der Waals surface area contributed by atoms with Gasteiger partial charge in [0.15, 0.2) is 0 Å². The van der Waals surface area contributed by atoms with Gasteiger partial charge in [0.25, 0.3) is 8.53 Å². The van der Waals surface area contributed by atoms with E-state index < -0.39 is 8.53 Å². The second-order valence-electron chi connectivity index (χ2n) is 3.55. The van der Waals surface area contributed by atoms with Gasteiger partial charge < -0.3 is 13.7 Å². The molecule has 0 saturated carbocycles. The fraction of sp³-hybridized carbons (Fsp3) is 0.400. The lowest BCUT2D eigenvalue weighted by Gasteiger charge is -2.21. The highest BCUT2D eigenvalue weighted by molar-refractivity contribution is 7.49. The molecule has 3 nitrogen and oxygen atoms in total. The first-order chi connectivity index (χ1) is 6.90. The largest absolute Gasteiger partial charge is 0.321 e. The van der Waals surface area contributed by atoms with E-state index in [9.17, 15) is 0 Å². The van der Waals surface area contributed by atoms with Crippen LogP contribution in [0.15, 0.2) is 24.3 Å². The van der Waals surface area contributed by atoms with Crippen LogP contribution < -0.4 is 4.67 Å². The number of rotatable bonds is 1. The molecule has 0 amide bonds. The fourth-order valence-electron chi connectivity index (χ4n) is 2.15. The van der Waals surface area contributed by atoms with E-state index in [0.29, 0.717) is 6.04 Å². The molecule has 0 unspecified atom stereocenters. The molecule has 0 N–H and O–H groups in total. The third kappa shape index (κ3) is 1.10. The SMILES string of the molecule is CO[P@]1OC[C@H]2Cc3ccccc3N21. The first-order valence-electron chi connectivity index (χ1n) is 4.74. The van der Waals surface area contributed by atoms with Gasteiger partial charge in [-0.15, -0.1) is 0 Å². The Labute approximate surface area is 84.6 Å². The standard InChI is InChI=1S/C10H12NO2P/c1-12-14-11-9(7-13-14)6-8-4-2-3-5-10(8)11/h2-5,9H,6-7H2,1H3/t9-,14-/m1/s1. The summed E-state index contributed by atoms with van der Waals surface area (Å²) in [6, 6.07) is 9.01. The highest BCUT2D eigenvalue weighted by atomic mass is 31.2. The molecule has 3 rings (SSSR count). The summed E-state index contributed by atoms with van der Waals surface area (Å²) < 4.78 is 13.2. The molecule has 1 aromatic carbocycles. The Kier molecular flexibility index (Phi) is 1.98. The van der Waals surface area contributed by atoms with Gasteiger partial charge in [-0.1, -0.05) is 18.2 Å². The molecule has 4 heteroatoms. The average molecular weight is 209 g/mol. The highest BCUT2D eigenvalue weighted by Gasteiger charge is 2.41. The zero-order chi connectivity index (χ0) is 9.54. The first kappa shape index (κ1) is 8.66. The molecule has 0 radical (unpaired) electrons. The minimum absolute atomic E-state index is 0.499. The monoisotopic (exact) mass is 209 g/mol. The van der Waals surface area contributed by atoms with Crippen molar-refractivity contribution in [1.29, 1.82) is 0 Å². The van der Waals surface area contributed by atoms with Crippen molar-refractivity contribution < 1.29 is 9.05 Å².